The van der Waals surface area contributed by atoms with Crippen LogP contribution in [0, 0.1) is 5.92 Å². The van der Waals surface area contributed by atoms with Gasteiger partial charge in [-0.25, -0.2) is 0 Å². The Hall–Kier alpha value is -0.0300. The quantitative estimate of drug-likeness (QED) is 0.869. The van der Waals surface area contributed by atoms with Gasteiger partial charge in [0.25, 0.3) is 0 Å². The maximum Gasteiger partial charge on any atom is 0.0898 e. The molecule has 2 heterocycles. The van der Waals surface area contributed by atoms with Crippen molar-refractivity contribution in [2.24, 2.45) is 5.92 Å². The first-order valence-corrected chi connectivity index (χ1v) is 9.17. The summed E-state index contributed by atoms with van der Waals surface area (Å²) in [5, 5.41) is 11.1. The van der Waals surface area contributed by atoms with E-state index in [-0.39, 0.29) is 11.5 Å². The Balaban J connectivity index is 1.81. The molecule has 0 saturated carbocycles. The molecule has 110 valence electrons. The van der Waals surface area contributed by atoms with Gasteiger partial charge < -0.3 is 9.84 Å². The molecule has 2 aliphatic rings. The molecule has 2 saturated heterocycles. The molecule has 1 aromatic rings. The number of aliphatic hydroxyl groups is 1. The number of thioether (sulfide) groups is 1. The maximum atomic E-state index is 11.1. The molecule has 2 nitrogen and oxygen atoms in total. The first-order valence-electron chi connectivity index (χ1n) is 7.22. The van der Waals surface area contributed by atoms with Crippen molar-refractivity contribution in [3.63, 3.8) is 0 Å². The molecular formula is C16H21BrO2S. The predicted molar refractivity (Wildman–Crippen MR) is 87.1 cm³/mol. The van der Waals surface area contributed by atoms with E-state index in [1.54, 1.807) is 0 Å². The van der Waals surface area contributed by atoms with Crippen LogP contribution in [0.1, 0.15) is 31.7 Å². The SMILES string of the molecule is CC(O)(c1ccc(Br)cc1)C1CCOC2(CCSC2)C1. The molecule has 1 spiro atoms. The molecule has 3 rings (SSSR count). The predicted octanol–water partition coefficient (Wildman–Crippen LogP) is 3.96. The Kier molecular flexibility index (Phi) is 4.20. The van der Waals surface area contributed by atoms with Gasteiger partial charge in [0.2, 0.25) is 0 Å². The van der Waals surface area contributed by atoms with Gasteiger partial charge >= 0.3 is 0 Å². The Labute approximate surface area is 133 Å². The fourth-order valence-corrected chi connectivity index (χ4v) is 5.04. The third-order valence-electron chi connectivity index (χ3n) is 4.78. The second-order valence-corrected chi connectivity index (χ2v) is 8.20. The van der Waals surface area contributed by atoms with E-state index in [0.29, 0.717) is 0 Å². The number of benzene rings is 1. The minimum absolute atomic E-state index is 0.0208. The highest BCUT2D eigenvalue weighted by atomic mass is 79.9. The molecule has 2 aliphatic heterocycles. The van der Waals surface area contributed by atoms with Gasteiger partial charge in [-0.1, -0.05) is 28.1 Å². The zero-order valence-electron chi connectivity index (χ0n) is 11.8. The number of rotatable bonds is 2. The zero-order valence-corrected chi connectivity index (χ0v) is 14.2. The first-order chi connectivity index (χ1) is 9.52. The summed E-state index contributed by atoms with van der Waals surface area (Å²) < 4.78 is 7.12. The summed E-state index contributed by atoms with van der Waals surface area (Å²) in [6, 6.07) is 8.06. The Morgan fingerprint density at radius 1 is 1.40 bits per heavy atom. The molecule has 0 amide bonds. The number of ether oxygens (including phenoxy) is 1. The normalized spacial score (nSPS) is 33.2. The maximum absolute atomic E-state index is 11.1. The molecule has 0 aliphatic carbocycles. The van der Waals surface area contributed by atoms with Crippen LogP contribution in [0.3, 0.4) is 0 Å². The van der Waals surface area contributed by atoms with Crippen LogP contribution in [-0.2, 0) is 10.3 Å². The van der Waals surface area contributed by atoms with E-state index in [1.165, 1.54) is 5.75 Å². The number of hydrogen-bond acceptors (Lipinski definition) is 3. The van der Waals surface area contributed by atoms with Crippen molar-refractivity contribution in [1.82, 2.24) is 0 Å². The van der Waals surface area contributed by atoms with Crippen molar-refractivity contribution in [3.05, 3.63) is 34.3 Å². The van der Waals surface area contributed by atoms with Crippen molar-refractivity contribution in [1.29, 1.82) is 0 Å². The van der Waals surface area contributed by atoms with Crippen LogP contribution >= 0.6 is 27.7 Å². The molecule has 3 atom stereocenters. The highest BCUT2D eigenvalue weighted by molar-refractivity contribution is 9.10. The van der Waals surface area contributed by atoms with E-state index < -0.39 is 5.60 Å². The van der Waals surface area contributed by atoms with Crippen molar-refractivity contribution in [3.8, 4) is 0 Å². The smallest absolute Gasteiger partial charge is 0.0898 e. The molecular weight excluding hydrogens is 336 g/mol. The lowest BCUT2D eigenvalue weighted by Gasteiger charge is -2.43. The largest absolute Gasteiger partial charge is 0.385 e. The summed E-state index contributed by atoms with van der Waals surface area (Å²) >= 11 is 5.43. The minimum Gasteiger partial charge on any atom is -0.385 e. The van der Waals surface area contributed by atoms with Crippen LogP contribution in [0.2, 0.25) is 0 Å². The van der Waals surface area contributed by atoms with E-state index in [4.69, 9.17) is 4.74 Å². The summed E-state index contributed by atoms with van der Waals surface area (Å²) in [5.74, 6) is 2.55. The van der Waals surface area contributed by atoms with E-state index in [1.807, 2.05) is 43.0 Å². The molecule has 0 radical (unpaired) electrons. The van der Waals surface area contributed by atoms with Gasteiger partial charge in [-0.05, 0) is 55.6 Å². The van der Waals surface area contributed by atoms with Crippen molar-refractivity contribution < 1.29 is 9.84 Å². The molecule has 1 N–H and O–H groups in total. The first kappa shape index (κ1) is 14.9. The second-order valence-electron chi connectivity index (χ2n) is 6.18. The topological polar surface area (TPSA) is 29.5 Å². The zero-order chi connectivity index (χ0) is 14.2. The van der Waals surface area contributed by atoms with Crippen LogP contribution < -0.4 is 0 Å². The average molecular weight is 357 g/mol. The van der Waals surface area contributed by atoms with Crippen LogP contribution in [-0.4, -0.2) is 28.8 Å². The average Bonchev–Trinajstić information content (AvgIpc) is 2.87. The van der Waals surface area contributed by atoms with Crippen molar-refractivity contribution >= 4 is 27.7 Å². The van der Waals surface area contributed by atoms with Gasteiger partial charge in [-0.15, -0.1) is 0 Å². The van der Waals surface area contributed by atoms with Gasteiger partial charge in [-0.2, -0.15) is 11.8 Å². The lowest BCUT2D eigenvalue weighted by molar-refractivity contribution is -0.129. The molecule has 0 bridgehead atoms. The van der Waals surface area contributed by atoms with Gasteiger partial charge in [0, 0.05) is 16.8 Å². The Bertz CT molecular complexity index is 466. The monoisotopic (exact) mass is 356 g/mol. The third-order valence-corrected chi connectivity index (χ3v) is 6.54. The van der Waals surface area contributed by atoms with E-state index in [9.17, 15) is 5.11 Å². The van der Waals surface area contributed by atoms with Gasteiger partial charge in [0.15, 0.2) is 0 Å². The van der Waals surface area contributed by atoms with E-state index in [0.717, 1.165) is 41.7 Å². The van der Waals surface area contributed by atoms with Gasteiger partial charge in [0.1, 0.15) is 0 Å². The summed E-state index contributed by atoms with van der Waals surface area (Å²) in [4.78, 5) is 0. The van der Waals surface area contributed by atoms with E-state index in [2.05, 4.69) is 15.9 Å². The Morgan fingerprint density at radius 2 is 2.15 bits per heavy atom. The van der Waals surface area contributed by atoms with Crippen LogP contribution in [0.4, 0.5) is 0 Å². The minimum atomic E-state index is -0.773. The Morgan fingerprint density at radius 3 is 2.80 bits per heavy atom. The highest BCUT2D eigenvalue weighted by Crippen LogP contribution is 2.46. The fraction of sp³-hybridized carbons (Fsp3) is 0.625. The van der Waals surface area contributed by atoms with Crippen LogP contribution in [0.25, 0.3) is 0 Å². The number of hydrogen-bond donors (Lipinski definition) is 1. The summed E-state index contributed by atoms with van der Waals surface area (Å²) in [6.45, 7) is 2.74. The molecule has 20 heavy (non-hydrogen) atoms. The summed E-state index contributed by atoms with van der Waals surface area (Å²) in [6.07, 6.45) is 3.04. The second kappa shape index (κ2) is 5.64. The molecule has 0 aromatic heterocycles. The standard InChI is InChI=1S/C16H21BrO2S/c1-15(18,12-2-4-14(17)5-3-12)13-6-8-19-16(10-13)7-9-20-11-16/h2-5,13,18H,6-11H2,1H3. The summed E-state index contributed by atoms with van der Waals surface area (Å²) in [7, 11) is 0. The van der Waals surface area contributed by atoms with E-state index >= 15 is 0 Å². The van der Waals surface area contributed by atoms with Gasteiger partial charge in [-0.3, -0.25) is 0 Å². The lowest BCUT2D eigenvalue weighted by atomic mass is 9.73. The molecule has 3 unspecified atom stereocenters. The third kappa shape index (κ3) is 2.80. The molecule has 2 fully saturated rings. The lowest BCUT2D eigenvalue weighted by Crippen LogP contribution is -2.46. The molecule has 4 heteroatoms. The number of halogens is 1. The molecule has 1 aromatic carbocycles. The highest BCUT2D eigenvalue weighted by Gasteiger charge is 2.46. The van der Waals surface area contributed by atoms with Crippen LogP contribution in [0.5, 0.6) is 0 Å². The van der Waals surface area contributed by atoms with Crippen molar-refractivity contribution in [2.45, 2.75) is 37.4 Å². The van der Waals surface area contributed by atoms with Crippen molar-refractivity contribution in [2.75, 3.05) is 18.1 Å². The fourth-order valence-electron chi connectivity index (χ4n) is 3.39. The van der Waals surface area contributed by atoms with Crippen LogP contribution in [0.15, 0.2) is 28.7 Å². The summed E-state index contributed by atoms with van der Waals surface area (Å²) in [5.41, 5.74) is 0.255. The van der Waals surface area contributed by atoms with Gasteiger partial charge in [0.05, 0.1) is 11.2 Å².